The number of carbonyl (C=O) groups is 2. The number of carbonyl (C=O) groups excluding carboxylic acids is 2. The van der Waals surface area contributed by atoms with E-state index in [2.05, 4.69) is 35.1 Å². The van der Waals surface area contributed by atoms with Crippen molar-refractivity contribution in [2.45, 2.75) is 38.6 Å². The maximum Gasteiger partial charge on any atom is 0.243 e. The number of nitrogens with zero attached hydrogens (tertiary/aromatic N) is 1. The van der Waals surface area contributed by atoms with Crippen LogP contribution in [-0.2, 0) is 28.3 Å². The molecule has 0 aliphatic carbocycles. The fraction of sp³-hybridized carbons (Fsp3) is 0.310. The lowest BCUT2D eigenvalue weighted by Crippen LogP contribution is -2.51. The zero-order chi connectivity index (χ0) is 25.9. The van der Waals surface area contributed by atoms with Gasteiger partial charge in [0.05, 0.1) is 5.75 Å². The van der Waals surface area contributed by atoms with Gasteiger partial charge in [-0.1, -0.05) is 96.0 Å². The molecule has 7 heteroatoms. The van der Waals surface area contributed by atoms with E-state index in [1.165, 1.54) is 0 Å². The van der Waals surface area contributed by atoms with E-state index in [0.717, 1.165) is 21.2 Å². The van der Waals surface area contributed by atoms with Crippen LogP contribution in [0.2, 0.25) is 5.02 Å². The smallest absolute Gasteiger partial charge is 0.243 e. The van der Waals surface area contributed by atoms with Crippen LogP contribution in [0.5, 0.6) is 0 Å². The van der Waals surface area contributed by atoms with Gasteiger partial charge in [0.25, 0.3) is 0 Å². The number of nitrogens with one attached hydrogen (secondary N) is 1. The van der Waals surface area contributed by atoms with Crippen molar-refractivity contribution in [3.05, 3.63) is 105 Å². The lowest BCUT2D eigenvalue weighted by atomic mass is 10.0. The van der Waals surface area contributed by atoms with Gasteiger partial charge in [-0.25, -0.2) is 0 Å². The van der Waals surface area contributed by atoms with Crippen LogP contribution in [0, 0.1) is 5.92 Å². The summed E-state index contributed by atoms with van der Waals surface area (Å²) in [5, 5.41) is 3.75. The highest BCUT2D eigenvalue weighted by Crippen LogP contribution is 2.20. The van der Waals surface area contributed by atoms with Crippen LogP contribution in [0.25, 0.3) is 0 Å². The Kier molecular flexibility index (Phi) is 11.4. The third kappa shape index (κ3) is 9.30. The summed E-state index contributed by atoms with van der Waals surface area (Å²) in [5.41, 5.74) is 3.10. The molecule has 2 amide bonds. The standard InChI is InChI=1S/C29H32BrClN2O2S/c1-21(2)17-32-29(35)27(16-22-6-4-3-5-7-22)33(18-23-8-12-25(30)13-9-23)28(34)20-36-19-24-10-14-26(31)15-11-24/h3-15,21,27H,16-20H2,1-2H3,(H,32,35). The van der Waals surface area contributed by atoms with Gasteiger partial charge < -0.3 is 10.2 Å². The molecule has 0 spiro atoms. The molecular formula is C29H32BrClN2O2S. The van der Waals surface area contributed by atoms with Crippen LogP contribution in [0.4, 0.5) is 0 Å². The van der Waals surface area contributed by atoms with Crippen LogP contribution in [0.15, 0.2) is 83.3 Å². The first kappa shape index (κ1) is 28.3. The van der Waals surface area contributed by atoms with Crippen LogP contribution in [0.3, 0.4) is 0 Å². The van der Waals surface area contributed by atoms with E-state index in [0.29, 0.717) is 36.2 Å². The molecule has 0 saturated heterocycles. The third-order valence-corrected chi connectivity index (χ3v) is 7.40. The second-order valence-corrected chi connectivity index (χ2v) is 11.4. The van der Waals surface area contributed by atoms with Crippen molar-refractivity contribution in [2.24, 2.45) is 5.92 Å². The number of thioether (sulfide) groups is 1. The Bertz CT molecular complexity index is 1110. The first-order chi connectivity index (χ1) is 17.3. The number of halogens is 2. The van der Waals surface area contributed by atoms with Crippen molar-refractivity contribution in [3.8, 4) is 0 Å². The summed E-state index contributed by atoms with van der Waals surface area (Å²) in [6.07, 6.45) is 0.453. The zero-order valence-electron chi connectivity index (χ0n) is 20.6. The molecule has 3 aromatic carbocycles. The number of rotatable bonds is 12. The lowest BCUT2D eigenvalue weighted by Gasteiger charge is -2.32. The molecular weight excluding hydrogens is 556 g/mol. The van der Waals surface area contributed by atoms with Crippen molar-refractivity contribution in [2.75, 3.05) is 12.3 Å². The Morgan fingerprint density at radius 1 is 0.917 bits per heavy atom. The minimum Gasteiger partial charge on any atom is -0.354 e. The number of amides is 2. The molecule has 3 aromatic rings. The summed E-state index contributed by atoms with van der Waals surface area (Å²) >= 11 is 11.0. The van der Waals surface area contributed by atoms with Crippen LogP contribution >= 0.6 is 39.3 Å². The highest BCUT2D eigenvalue weighted by molar-refractivity contribution is 9.10. The molecule has 0 aromatic heterocycles. The van der Waals surface area contributed by atoms with Gasteiger partial charge in [-0.05, 0) is 46.9 Å². The molecule has 0 bridgehead atoms. The zero-order valence-corrected chi connectivity index (χ0v) is 23.8. The van der Waals surface area contributed by atoms with Gasteiger partial charge >= 0.3 is 0 Å². The predicted molar refractivity (Wildman–Crippen MR) is 154 cm³/mol. The van der Waals surface area contributed by atoms with Crippen molar-refractivity contribution < 1.29 is 9.59 Å². The summed E-state index contributed by atoms with van der Waals surface area (Å²) in [6.45, 7) is 5.05. The van der Waals surface area contributed by atoms with Crippen molar-refractivity contribution in [1.82, 2.24) is 10.2 Å². The van der Waals surface area contributed by atoms with Crippen LogP contribution < -0.4 is 5.32 Å². The largest absolute Gasteiger partial charge is 0.354 e. The van der Waals surface area contributed by atoms with Crippen molar-refractivity contribution in [3.63, 3.8) is 0 Å². The molecule has 4 nitrogen and oxygen atoms in total. The first-order valence-electron chi connectivity index (χ1n) is 12.0. The molecule has 0 aliphatic heterocycles. The van der Waals surface area contributed by atoms with E-state index >= 15 is 0 Å². The third-order valence-electron chi connectivity index (χ3n) is 5.63. The average Bonchev–Trinajstić information content (AvgIpc) is 2.87. The first-order valence-corrected chi connectivity index (χ1v) is 14.3. The van der Waals surface area contributed by atoms with Crippen molar-refractivity contribution in [1.29, 1.82) is 0 Å². The molecule has 36 heavy (non-hydrogen) atoms. The fourth-order valence-electron chi connectivity index (χ4n) is 3.68. The maximum atomic E-state index is 13.6. The van der Waals surface area contributed by atoms with E-state index < -0.39 is 6.04 Å². The molecule has 190 valence electrons. The van der Waals surface area contributed by atoms with Crippen LogP contribution in [-0.4, -0.2) is 35.1 Å². The van der Waals surface area contributed by atoms with E-state index in [-0.39, 0.29) is 17.6 Å². The van der Waals surface area contributed by atoms with E-state index in [4.69, 9.17) is 11.6 Å². The predicted octanol–water partition coefficient (Wildman–Crippen LogP) is 6.75. The number of benzene rings is 3. The molecule has 0 radical (unpaired) electrons. The van der Waals surface area contributed by atoms with E-state index in [9.17, 15) is 9.59 Å². The number of hydrogen-bond donors (Lipinski definition) is 1. The highest BCUT2D eigenvalue weighted by Gasteiger charge is 2.30. The van der Waals surface area contributed by atoms with Gasteiger partial charge in [0.2, 0.25) is 11.8 Å². The van der Waals surface area contributed by atoms with Crippen molar-refractivity contribution >= 4 is 51.1 Å². The van der Waals surface area contributed by atoms with Gasteiger partial charge in [-0.2, -0.15) is 0 Å². The molecule has 1 N–H and O–H groups in total. The Balaban J connectivity index is 1.82. The summed E-state index contributed by atoms with van der Waals surface area (Å²) in [4.78, 5) is 28.8. The minimum absolute atomic E-state index is 0.0579. The van der Waals surface area contributed by atoms with Gasteiger partial charge in [0.1, 0.15) is 6.04 Å². The molecule has 1 unspecified atom stereocenters. The monoisotopic (exact) mass is 586 g/mol. The summed E-state index contributed by atoms with van der Waals surface area (Å²) < 4.78 is 0.971. The molecule has 0 fully saturated rings. The van der Waals surface area contributed by atoms with Crippen LogP contribution in [0.1, 0.15) is 30.5 Å². The van der Waals surface area contributed by atoms with Gasteiger partial charge in [0.15, 0.2) is 0 Å². The minimum atomic E-state index is -0.613. The number of hydrogen-bond acceptors (Lipinski definition) is 3. The second kappa shape index (κ2) is 14.5. The molecule has 0 aliphatic rings. The Morgan fingerprint density at radius 3 is 2.19 bits per heavy atom. The summed E-state index contributed by atoms with van der Waals surface area (Å²) in [5.74, 6) is 1.11. The van der Waals surface area contributed by atoms with E-state index in [1.54, 1.807) is 16.7 Å². The normalized spacial score (nSPS) is 11.8. The molecule has 1 atom stereocenters. The topological polar surface area (TPSA) is 49.4 Å². The maximum absolute atomic E-state index is 13.6. The lowest BCUT2D eigenvalue weighted by molar-refractivity contribution is -0.139. The van der Waals surface area contributed by atoms with E-state index in [1.807, 2.05) is 78.9 Å². The highest BCUT2D eigenvalue weighted by atomic mass is 79.9. The Morgan fingerprint density at radius 2 is 1.56 bits per heavy atom. The second-order valence-electron chi connectivity index (χ2n) is 9.11. The van der Waals surface area contributed by atoms with Gasteiger partial charge in [0, 0.05) is 34.8 Å². The van der Waals surface area contributed by atoms with Gasteiger partial charge in [-0.15, -0.1) is 11.8 Å². The Labute approximate surface area is 231 Å². The quantitative estimate of drug-likeness (QED) is 0.255. The molecule has 0 saturated carbocycles. The average molecular weight is 588 g/mol. The fourth-order valence-corrected chi connectivity index (χ4v) is 4.94. The molecule has 3 rings (SSSR count). The molecule has 0 heterocycles. The Hall–Kier alpha value is -2.28. The SMILES string of the molecule is CC(C)CNC(=O)C(Cc1ccccc1)N(Cc1ccc(Br)cc1)C(=O)CSCc1ccc(Cl)cc1. The summed E-state index contributed by atoms with van der Waals surface area (Å²) in [6, 6.07) is 24.8. The van der Waals surface area contributed by atoms with Gasteiger partial charge in [-0.3, -0.25) is 9.59 Å². The summed E-state index contributed by atoms with van der Waals surface area (Å²) in [7, 11) is 0.